The largest absolute Gasteiger partial charge is 0.489 e. The molecule has 1 aromatic heterocycles. The second-order valence-electron chi connectivity index (χ2n) is 8.43. The van der Waals surface area contributed by atoms with Crippen molar-refractivity contribution in [2.24, 2.45) is 5.14 Å². The van der Waals surface area contributed by atoms with Crippen LogP contribution in [-0.4, -0.2) is 19.3 Å². The minimum absolute atomic E-state index is 0.0576. The number of pyridine rings is 1. The number of hydrogen-bond acceptors (Lipinski definition) is 5. The van der Waals surface area contributed by atoms with Crippen LogP contribution < -0.4 is 15.2 Å². The lowest BCUT2D eigenvalue weighted by Gasteiger charge is -2.11. The molecule has 0 saturated heterocycles. The fraction of sp³-hybridized carbons (Fsp3) is 0.111. The van der Waals surface area contributed by atoms with Gasteiger partial charge in [-0.05, 0) is 66.2 Å². The van der Waals surface area contributed by atoms with Gasteiger partial charge in [0.1, 0.15) is 12.4 Å². The van der Waals surface area contributed by atoms with Gasteiger partial charge in [0, 0.05) is 34.5 Å². The molecule has 0 bridgehead atoms. The highest BCUT2D eigenvalue weighted by atomic mass is 35.5. The molecule has 7 nitrogen and oxygen atoms in total. The summed E-state index contributed by atoms with van der Waals surface area (Å²) in [6.45, 7) is 0.0872. The molecule has 1 amide bonds. The molecule has 4 aromatic rings. The van der Waals surface area contributed by atoms with E-state index in [4.69, 9.17) is 21.5 Å². The van der Waals surface area contributed by atoms with Gasteiger partial charge in [0.25, 0.3) is 5.91 Å². The van der Waals surface area contributed by atoms with Gasteiger partial charge in [0.05, 0.1) is 16.2 Å². The number of benzene rings is 3. The minimum atomic E-state index is -4.46. The molecule has 0 fully saturated rings. The van der Waals surface area contributed by atoms with E-state index in [1.165, 1.54) is 48.7 Å². The van der Waals surface area contributed by atoms with Crippen molar-refractivity contribution in [2.75, 3.05) is 0 Å². The van der Waals surface area contributed by atoms with Crippen LogP contribution in [0.2, 0.25) is 5.02 Å². The predicted molar refractivity (Wildman–Crippen MR) is 139 cm³/mol. The van der Waals surface area contributed by atoms with Crippen LogP contribution in [0.25, 0.3) is 11.3 Å². The third kappa shape index (κ3) is 7.34. The van der Waals surface area contributed by atoms with E-state index < -0.39 is 27.7 Å². The highest BCUT2D eigenvalue weighted by Gasteiger charge is 2.30. The van der Waals surface area contributed by atoms with E-state index >= 15 is 0 Å². The Kier molecular flexibility index (Phi) is 8.24. The zero-order chi connectivity index (χ0) is 28.2. The van der Waals surface area contributed by atoms with Crippen LogP contribution in [0.3, 0.4) is 0 Å². The van der Waals surface area contributed by atoms with Crippen LogP contribution in [0.4, 0.5) is 13.2 Å². The molecule has 0 atom stereocenters. The van der Waals surface area contributed by atoms with Crippen LogP contribution in [0.1, 0.15) is 27.0 Å². The maximum atomic E-state index is 12.9. The molecule has 0 unspecified atom stereocenters. The lowest BCUT2D eigenvalue weighted by Crippen LogP contribution is -2.23. The Morgan fingerprint density at radius 2 is 1.72 bits per heavy atom. The fourth-order valence-electron chi connectivity index (χ4n) is 3.63. The average Bonchev–Trinajstić information content (AvgIpc) is 2.90. The molecular formula is C27H21ClF3N3O4S. The highest BCUT2D eigenvalue weighted by molar-refractivity contribution is 7.89. The summed E-state index contributed by atoms with van der Waals surface area (Å²) < 4.78 is 68.1. The molecule has 0 aliphatic carbocycles. The second-order valence-corrected chi connectivity index (χ2v) is 10.4. The molecule has 0 saturated carbocycles. The van der Waals surface area contributed by atoms with Crippen molar-refractivity contribution in [2.45, 2.75) is 24.2 Å². The smallest absolute Gasteiger partial charge is 0.416 e. The maximum absolute atomic E-state index is 12.9. The number of amides is 1. The van der Waals surface area contributed by atoms with Gasteiger partial charge in [-0.2, -0.15) is 13.2 Å². The minimum Gasteiger partial charge on any atom is -0.489 e. The highest BCUT2D eigenvalue weighted by Crippen LogP contribution is 2.30. The molecule has 0 spiro atoms. The van der Waals surface area contributed by atoms with Gasteiger partial charge in [-0.1, -0.05) is 29.8 Å². The average molecular weight is 576 g/mol. The number of halogens is 4. The van der Waals surface area contributed by atoms with Gasteiger partial charge in [-0.15, -0.1) is 0 Å². The van der Waals surface area contributed by atoms with Crippen LogP contribution in [0.15, 0.2) is 90.0 Å². The number of nitrogens with one attached hydrogen (secondary N) is 1. The Balaban J connectivity index is 1.35. The lowest BCUT2D eigenvalue weighted by molar-refractivity contribution is -0.137. The number of carbonyl (C=O) groups is 1. The van der Waals surface area contributed by atoms with Gasteiger partial charge in [0.2, 0.25) is 10.0 Å². The monoisotopic (exact) mass is 575 g/mol. The molecule has 12 heteroatoms. The standard InChI is InChI=1S/C27H21ClF3N3O4S/c28-21-7-11-25(39(32,36)37)23(13-21)24-10-4-18(15-33-24)16-38-22-8-5-19(6-9-22)26(35)34-14-17-2-1-3-20(12-17)27(29,30)31/h1-13,15H,14,16H2,(H,34,35)(H2,32,36,37). The van der Waals surface area contributed by atoms with Crippen LogP contribution in [-0.2, 0) is 29.4 Å². The summed E-state index contributed by atoms with van der Waals surface area (Å²) in [5, 5.41) is 8.23. The number of sulfonamides is 1. The van der Waals surface area contributed by atoms with E-state index in [9.17, 15) is 26.4 Å². The lowest BCUT2D eigenvalue weighted by atomic mass is 10.1. The molecule has 202 valence electrons. The second kappa shape index (κ2) is 11.4. The number of hydrogen-bond donors (Lipinski definition) is 2. The molecule has 0 aliphatic rings. The molecule has 0 aliphatic heterocycles. The summed E-state index contributed by atoms with van der Waals surface area (Å²) >= 11 is 6.02. The van der Waals surface area contributed by atoms with E-state index in [1.807, 2.05) is 0 Å². The van der Waals surface area contributed by atoms with Gasteiger partial charge in [-0.25, -0.2) is 13.6 Å². The van der Waals surface area contributed by atoms with Crippen molar-refractivity contribution in [3.63, 3.8) is 0 Å². The molecular weight excluding hydrogens is 555 g/mol. The van der Waals surface area contributed by atoms with Gasteiger partial charge < -0.3 is 10.1 Å². The van der Waals surface area contributed by atoms with Crippen LogP contribution >= 0.6 is 11.6 Å². The Labute approximate surface area is 227 Å². The SMILES string of the molecule is NS(=O)(=O)c1ccc(Cl)cc1-c1ccc(COc2ccc(C(=O)NCc3cccc(C(F)(F)F)c3)cc2)cn1. The Morgan fingerprint density at radius 1 is 0.974 bits per heavy atom. The molecule has 0 radical (unpaired) electrons. The fourth-order valence-corrected chi connectivity index (χ4v) is 4.53. The summed E-state index contributed by atoms with van der Waals surface area (Å²) in [7, 11) is -3.98. The van der Waals surface area contributed by atoms with Crippen molar-refractivity contribution >= 4 is 27.5 Å². The maximum Gasteiger partial charge on any atom is 0.416 e. The number of alkyl halides is 3. The number of nitrogens with zero attached hydrogens (tertiary/aromatic N) is 1. The Hall–Kier alpha value is -3.93. The van der Waals surface area contributed by atoms with Crippen molar-refractivity contribution in [3.8, 4) is 17.0 Å². The first-order valence-electron chi connectivity index (χ1n) is 11.3. The molecule has 4 rings (SSSR count). The van der Waals surface area contributed by atoms with Crippen molar-refractivity contribution in [3.05, 3.63) is 112 Å². The van der Waals surface area contributed by atoms with Gasteiger partial charge in [0.15, 0.2) is 0 Å². The third-order valence-corrected chi connectivity index (χ3v) is 6.78. The third-order valence-electron chi connectivity index (χ3n) is 5.58. The zero-order valence-electron chi connectivity index (χ0n) is 20.1. The van der Waals surface area contributed by atoms with E-state index in [-0.39, 0.29) is 23.6 Å². The number of rotatable bonds is 8. The Bertz CT molecular complexity index is 1590. The van der Waals surface area contributed by atoms with Crippen LogP contribution in [0.5, 0.6) is 5.75 Å². The number of carbonyl (C=O) groups excluding carboxylic acids is 1. The molecule has 3 aromatic carbocycles. The van der Waals surface area contributed by atoms with Gasteiger partial charge >= 0.3 is 6.18 Å². The van der Waals surface area contributed by atoms with E-state index in [2.05, 4.69) is 10.3 Å². The zero-order valence-corrected chi connectivity index (χ0v) is 21.6. The summed E-state index contributed by atoms with van der Waals surface area (Å²) in [6, 6.07) is 18.6. The quantitative estimate of drug-likeness (QED) is 0.285. The van der Waals surface area contributed by atoms with E-state index in [1.54, 1.807) is 24.3 Å². The van der Waals surface area contributed by atoms with Crippen molar-refractivity contribution in [1.29, 1.82) is 0 Å². The topological polar surface area (TPSA) is 111 Å². The van der Waals surface area contributed by atoms with Gasteiger partial charge in [-0.3, -0.25) is 9.78 Å². The summed E-state index contributed by atoms with van der Waals surface area (Å²) in [5.41, 5.74) is 1.20. The number of primary sulfonamides is 1. The first-order chi connectivity index (χ1) is 18.4. The summed E-state index contributed by atoms with van der Waals surface area (Å²) in [5.74, 6) is 0.0264. The molecule has 1 heterocycles. The first kappa shape index (κ1) is 28.1. The van der Waals surface area contributed by atoms with E-state index in [0.717, 1.165) is 12.1 Å². The first-order valence-corrected chi connectivity index (χ1v) is 13.3. The molecule has 39 heavy (non-hydrogen) atoms. The number of ether oxygens (including phenoxy) is 1. The number of aromatic nitrogens is 1. The van der Waals surface area contributed by atoms with Crippen molar-refractivity contribution < 1.29 is 31.1 Å². The predicted octanol–water partition coefficient (Wildman–Crippen LogP) is 5.58. The van der Waals surface area contributed by atoms with Crippen LogP contribution in [0, 0.1) is 0 Å². The summed E-state index contributed by atoms with van der Waals surface area (Å²) in [6.07, 6.45) is -2.93. The van der Waals surface area contributed by atoms with Crippen molar-refractivity contribution in [1.82, 2.24) is 10.3 Å². The summed E-state index contributed by atoms with van der Waals surface area (Å²) in [4.78, 5) is 16.6. The Morgan fingerprint density at radius 3 is 2.36 bits per heavy atom. The molecule has 3 N–H and O–H groups in total. The number of nitrogens with two attached hydrogens (primary N) is 1. The normalized spacial score (nSPS) is 11.7. The van der Waals surface area contributed by atoms with E-state index in [0.29, 0.717) is 33.2 Å².